The summed E-state index contributed by atoms with van der Waals surface area (Å²) in [6.45, 7) is 5.80. The molecule has 0 saturated carbocycles. The van der Waals surface area contributed by atoms with Gasteiger partial charge in [0.2, 0.25) is 0 Å². The molecule has 0 spiro atoms. The number of hydrogen-bond acceptors (Lipinski definition) is 4. The van der Waals surface area contributed by atoms with Crippen molar-refractivity contribution in [1.82, 2.24) is 0 Å². The van der Waals surface area contributed by atoms with E-state index in [1.54, 1.807) is 13.8 Å². The average molecular weight is 313 g/mol. The number of benzene rings is 1. The first-order chi connectivity index (χ1) is 8.58. The SMILES string of the molecule is CCOC(=O)C(C)=NNc1ccc(Br)cc1CC. The minimum absolute atomic E-state index is 0.307. The number of aryl methyl sites for hydroxylation is 1. The summed E-state index contributed by atoms with van der Waals surface area (Å²) in [6.07, 6.45) is 0.885. The van der Waals surface area contributed by atoms with Crippen LogP contribution in [0, 0.1) is 0 Å². The average Bonchev–Trinajstić information content (AvgIpc) is 2.37. The van der Waals surface area contributed by atoms with E-state index in [0.717, 1.165) is 22.1 Å². The molecule has 0 radical (unpaired) electrons. The number of ether oxygens (including phenoxy) is 1. The Bertz CT molecular complexity index is 458. The molecule has 1 N–H and O–H groups in total. The van der Waals surface area contributed by atoms with E-state index in [9.17, 15) is 4.79 Å². The number of nitrogens with zero attached hydrogens (tertiary/aromatic N) is 1. The van der Waals surface area contributed by atoms with Gasteiger partial charge in [-0.25, -0.2) is 4.79 Å². The van der Waals surface area contributed by atoms with E-state index in [0.29, 0.717) is 12.3 Å². The predicted octanol–water partition coefficient (Wildman–Crippen LogP) is 3.36. The highest BCUT2D eigenvalue weighted by Gasteiger charge is 2.06. The number of rotatable bonds is 5. The number of carbonyl (C=O) groups excluding carboxylic acids is 1. The molecule has 98 valence electrons. The second-order valence-electron chi connectivity index (χ2n) is 3.68. The topological polar surface area (TPSA) is 50.7 Å². The molecular weight excluding hydrogens is 296 g/mol. The zero-order valence-corrected chi connectivity index (χ0v) is 12.4. The van der Waals surface area contributed by atoms with E-state index in [4.69, 9.17) is 4.74 Å². The summed E-state index contributed by atoms with van der Waals surface area (Å²) in [5, 5.41) is 4.03. The van der Waals surface area contributed by atoms with Crippen molar-refractivity contribution in [2.45, 2.75) is 27.2 Å². The quantitative estimate of drug-likeness (QED) is 0.515. The van der Waals surface area contributed by atoms with Crippen LogP contribution in [0.4, 0.5) is 5.69 Å². The molecular formula is C13H17BrN2O2. The molecule has 0 fully saturated rings. The van der Waals surface area contributed by atoms with Gasteiger partial charge in [0.15, 0.2) is 0 Å². The second-order valence-corrected chi connectivity index (χ2v) is 4.60. The summed E-state index contributed by atoms with van der Waals surface area (Å²) in [7, 11) is 0. The van der Waals surface area contributed by atoms with Crippen LogP contribution in [0.1, 0.15) is 26.3 Å². The summed E-state index contributed by atoms with van der Waals surface area (Å²) in [4.78, 5) is 11.4. The maximum Gasteiger partial charge on any atom is 0.354 e. The van der Waals surface area contributed by atoms with Crippen molar-refractivity contribution in [2.24, 2.45) is 5.10 Å². The number of hydrazone groups is 1. The molecule has 0 saturated heterocycles. The van der Waals surface area contributed by atoms with Crippen molar-refractivity contribution in [3.63, 3.8) is 0 Å². The van der Waals surface area contributed by atoms with Crippen LogP contribution < -0.4 is 5.43 Å². The Hall–Kier alpha value is -1.36. The Balaban J connectivity index is 2.79. The molecule has 5 heteroatoms. The van der Waals surface area contributed by atoms with Crippen molar-refractivity contribution in [3.05, 3.63) is 28.2 Å². The molecule has 0 aliphatic heterocycles. The third-order valence-corrected chi connectivity index (χ3v) is 2.86. The van der Waals surface area contributed by atoms with Gasteiger partial charge in [-0.3, -0.25) is 5.43 Å². The van der Waals surface area contributed by atoms with E-state index in [2.05, 4.69) is 33.4 Å². The van der Waals surface area contributed by atoms with Crippen LogP contribution in [0.25, 0.3) is 0 Å². The van der Waals surface area contributed by atoms with Crippen LogP contribution in [-0.2, 0) is 16.0 Å². The highest BCUT2D eigenvalue weighted by molar-refractivity contribution is 9.10. The lowest BCUT2D eigenvalue weighted by atomic mass is 10.1. The van der Waals surface area contributed by atoms with E-state index >= 15 is 0 Å². The van der Waals surface area contributed by atoms with E-state index in [-0.39, 0.29) is 0 Å². The van der Waals surface area contributed by atoms with Gasteiger partial charge < -0.3 is 4.74 Å². The summed E-state index contributed by atoms with van der Waals surface area (Å²) in [5.41, 5.74) is 5.23. The number of halogens is 1. The maximum atomic E-state index is 11.4. The Morgan fingerprint density at radius 3 is 2.78 bits per heavy atom. The van der Waals surface area contributed by atoms with Crippen molar-refractivity contribution >= 4 is 33.3 Å². The fourth-order valence-corrected chi connectivity index (χ4v) is 1.80. The fraction of sp³-hybridized carbons (Fsp3) is 0.385. The van der Waals surface area contributed by atoms with Crippen molar-refractivity contribution in [3.8, 4) is 0 Å². The molecule has 0 aliphatic rings. The molecule has 0 bridgehead atoms. The lowest BCUT2D eigenvalue weighted by Gasteiger charge is -2.08. The zero-order chi connectivity index (χ0) is 13.5. The Morgan fingerprint density at radius 1 is 1.44 bits per heavy atom. The normalized spacial score (nSPS) is 11.2. The molecule has 0 unspecified atom stereocenters. The number of esters is 1. The standard InChI is InChI=1S/C13H17BrN2O2/c1-4-10-8-11(14)6-7-12(10)16-15-9(3)13(17)18-5-2/h6-8,16H,4-5H2,1-3H3. The van der Waals surface area contributed by atoms with Crippen LogP contribution in [0.2, 0.25) is 0 Å². The molecule has 0 amide bonds. The van der Waals surface area contributed by atoms with E-state index in [1.165, 1.54) is 0 Å². The van der Waals surface area contributed by atoms with Gasteiger partial charge in [-0.05, 0) is 44.0 Å². The molecule has 18 heavy (non-hydrogen) atoms. The summed E-state index contributed by atoms with van der Waals surface area (Å²) in [6, 6.07) is 5.87. The van der Waals surface area contributed by atoms with Crippen LogP contribution in [0.3, 0.4) is 0 Å². The molecule has 0 aromatic heterocycles. The number of anilines is 1. The predicted molar refractivity (Wildman–Crippen MR) is 76.9 cm³/mol. The number of hydrogen-bond donors (Lipinski definition) is 1. The summed E-state index contributed by atoms with van der Waals surface area (Å²) < 4.78 is 5.87. The smallest absolute Gasteiger partial charge is 0.354 e. The Morgan fingerprint density at radius 2 is 2.17 bits per heavy atom. The van der Waals surface area contributed by atoms with Gasteiger partial charge in [-0.15, -0.1) is 0 Å². The monoisotopic (exact) mass is 312 g/mol. The largest absolute Gasteiger partial charge is 0.461 e. The zero-order valence-electron chi connectivity index (χ0n) is 10.8. The first kappa shape index (κ1) is 14.7. The highest BCUT2D eigenvalue weighted by Crippen LogP contribution is 2.21. The lowest BCUT2D eigenvalue weighted by Crippen LogP contribution is -2.15. The lowest BCUT2D eigenvalue weighted by molar-refractivity contribution is -0.135. The molecule has 1 aromatic rings. The number of carbonyl (C=O) groups is 1. The molecule has 0 heterocycles. The summed E-state index contributed by atoms with van der Waals surface area (Å²) in [5.74, 6) is -0.403. The molecule has 0 atom stereocenters. The van der Waals surface area contributed by atoms with Crippen molar-refractivity contribution in [2.75, 3.05) is 12.0 Å². The third kappa shape index (κ3) is 4.14. The van der Waals surface area contributed by atoms with Gasteiger partial charge in [-0.2, -0.15) is 5.10 Å². The van der Waals surface area contributed by atoms with Gasteiger partial charge in [0.05, 0.1) is 12.3 Å². The molecule has 1 rings (SSSR count). The molecule has 0 aliphatic carbocycles. The summed E-state index contributed by atoms with van der Waals surface area (Å²) >= 11 is 3.42. The maximum absolute atomic E-state index is 11.4. The van der Waals surface area contributed by atoms with Gasteiger partial charge in [0, 0.05) is 4.47 Å². The van der Waals surface area contributed by atoms with Crippen LogP contribution >= 0.6 is 15.9 Å². The van der Waals surface area contributed by atoms with Crippen LogP contribution in [-0.4, -0.2) is 18.3 Å². The first-order valence-corrected chi connectivity index (χ1v) is 6.63. The molecule has 4 nitrogen and oxygen atoms in total. The second kappa shape index (κ2) is 7.16. The Labute approximate surface area is 116 Å². The van der Waals surface area contributed by atoms with Crippen LogP contribution in [0.15, 0.2) is 27.8 Å². The van der Waals surface area contributed by atoms with Crippen molar-refractivity contribution in [1.29, 1.82) is 0 Å². The van der Waals surface area contributed by atoms with Crippen LogP contribution in [0.5, 0.6) is 0 Å². The minimum atomic E-state index is -0.403. The number of nitrogens with one attached hydrogen (secondary N) is 1. The Kier molecular flexibility index (Phi) is 5.85. The first-order valence-electron chi connectivity index (χ1n) is 5.84. The minimum Gasteiger partial charge on any atom is -0.461 e. The van der Waals surface area contributed by atoms with E-state index in [1.807, 2.05) is 18.2 Å². The van der Waals surface area contributed by atoms with Gasteiger partial charge in [0.25, 0.3) is 0 Å². The van der Waals surface area contributed by atoms with E-state index < -0.39 is 5.97 Å². The third-order valence-electron chi connectivity index (χ3n) is 2.36. The molecule has 1 aromatic carbocycles. The van der Waals surface area contributed by atoms with Crippen molar-refractivity contribution < 1.29 is 9.53 Å². The van der Waals surface area contributed by atoms with Gasteiger partial charge in [0.1, 0.15) is 5.71 Å². The van der Waals surface area contributed by atoms with Gasteiger partial charge in [-0.1, -0.05) is 22.9 Å². The highest BCUT2D eigenvalue weighted by atomic mass is 79.9. The van der Waals surface area contributed by atoms with Gasteiger partial charge >= 0.3 is 5.97 Å². The fourth-order valence-electron chi connectivity index (χ4n) is 1.39.